The third kappa shape index (κ3) is 2.72. The maximum atomic E-state index is 8.58. The molecular weight excluding hydrogens is 172 g/mol. The molecule has 4 unspecified atom stereocenters. The first-order valence-electron chi connectivity index (χ1n) is 5.82. The van der Waals surface area contributed by atoms with Crippen molar-refractivity contribution in [2.24, 2.45) is 11.8 Å². The topological polar surface area (TPSA) is 35.8 Å². The van der Waals surface area contributed by atoms with E-state index in [1.54, 1.807) is 0 Å². The second kappa shape index (κ2) is 5.36. The maximum Gasteiger partial charge on any atom is 0.0638 e. The van der Waals surface area contributed by atoms with Crippen molar-refractivity contribution >= 4 is 0 Å². The third-order valence-corrected chi connectivity index (χ3v) is 3.65. The lowest BCUT2D eigenvalue weighted by molar-refractivity contribution is 0.326. The standard InChI is InChI=1S/C12H22N2/c1-4-11-5-6-12(10(11)3)14-9(2)7-8-13/h9-12,14H,4-7H2,1-3H3. The van der Waals surface area contributed by atoms with Gasteiger partial charge in [-0.1, -0.05) is 20.3 Å². The van der Waals surface area contributed by atoms with Gasteiger partial charge in [0.05, 0.1) is 12.5 Å². The van der Waals surface area contributed by atoms with Gasteiger partial charge in [0, 0.05) is 12.1 Å². The summed E-state index contributed by atoms with van der Waals surface area (Å²) in [4.78, 5) is 0. The number of hydrogen-bond donors (Lipinski definition) is 1. The Bertz CT molecular complexity index is 207. The first-order valence-corrected chi connectivity index (χ1v) is 5.82. The average Bonchev–Trinajstić information content (AvgIpc) is 2.48. The smallest absolute Gasteiger partial charge is 0.0638 e. The van der Waals surface area contributed by atoms with Crippen LogP contribution < -0.4 is 5.32 Å². The monoisotopic (exact) mass is 194 g/mol. The van der Waals surface area contributed by atoms with E-state index in [0.717, 1.165) is 11.8 Å². The Hall–Kier alpha value is -0.550. The van der Waals surface area contributed by atoms with E-state index in [-0.39, 0.29) is 0 Å². The summed E-state index contributed by atoms with van der Waals surface area (Å²) >= 11 is 0. The number of nitrogens with zero attached hydrogens (tertiary/aromatic N) is 1. The van der Waals surface area contributed by atoms with Crippen LogP contribution in [0.3, 0.4) is 0 Å². The Morgan fingerprint density at radius 1 is 1.50 bits per heavy atom. The third-order valence-electron chi connectivity index (χ3n) is 3.65. The summed E-state index contributed by atoms with van der Waals surface area (Å²) in [5.74, 6) is 1.67. The van der Waals surface area contributed by atoms with Gasteiger partial charge in [0.15, 0.2) is 0 Å². The number of rotatable bonds is 4. The first kappa shape index (κ1) is 11.5. The van der Waals surface area contributed by atoms with Crippen molar-refractivity contribution in [3.8, 4) is 6.07 Å². The lowest BCUT2D eigenvalue weighted by atomic mass is 9.93. The molecule has 0 aromatic carbocycles. The molecule has 0 bridgehead atoms. The molecule has 0 aliphatic heterocycles. The fourth-order valence-electron chi connectivity index (χ4n) is 2.62. The molecule has 14 heavy (non-hydrogen) atoms. The van der Waals surface area contributed by atoms with Crippen molar-refractivity contribution in [1.29, 1.82) is 5.26 Å². The van der Waals surface area contributed by atoms with Gasteiger partial charge >= 0.3 is 0 Å². The van der Waals surface area contributed by atoms with Crippen molar-refractivity contribution in [3.05, 3.63) is 0 Å². The van der Waals surface area contributed by atoms with E-state index in [0.29, 0.717) is 18.5 Å². The molecule has 80 valence electrons. The molecule has 1 rings (SSSR count). The van der Waals surface area contributed by atoms with Gasteiger partial charge < -0.3 is 5.32 Å². The average molecular weight is 194 g/mol. The lowest BCUT2D eigenvalue weighted by Crippen LogP contribution is -2.38. The quantitative estimate of drug-likeness (QED) is 0.747. The van der Waals surface area contributed by atoms with E-state index in [1.165, 1.54) is 19.3 Å². The predicted octanol–water partition coefficient (Wildman–Crippen LogP) is 2.70. The van der Waals surface area contributed by atoms with Gasteiger partial charge in [-0.15, -0.1) is 0 Å². The van der Waals surface area contributed by atoms with Gasteiger partial charge in [-0.25, -0.2) is 0 Å². The SMILES string of the molecule is CCC1CCC(NC(C)CC#N)C1C. The van der Waals surface area contributed by atoms with Gasteiger partial charge in [-0.05, 0) is 31.6 Å². The summed E-state index contributed by atoms with van der Waals surface area (Å²) in [6.45, 7) is 6.73. The molecule has 1 aliphatic rings. The largest absolute Gasteiger partial charge is 0.310 e. The zero-order valence-electron chi connectivity index (χ0n) is 9.59. The molecule has 0 spiro atoms. The highest BCUT2D eigenvalue weighted by Gasteiger charge is 2.31. The predicted molar refractivity (Wildman–Crippen MR) is 58.8 cm³/mol. The van der Waals surface area contributed by atoms with Crippen LogP contribution in [0.2, 0.25) is 0 Å². The Morgan fingerprint density at radius 3 is 2.71 bits per heavy atom. The molecule has 0 aromatic rings. The van der Waals surface area contributed by atoms with Crippen LogP contribution in [0, 0.1) is 23.2 Å². The van der Waals surface area contributed by atoms with E-state index in [4.69, 9.17) is 5.26 Å². The second-order valence-corrected chi connectivity index (χ2v) is 4.64. The molecule has 1 N–H and O–H groups in total. The second-order valence-electron chi connectivity index (χ2n) is 4.64. The molecule has 4 atom stereocenters. The molecule has 2 nitrogen and oxygen atoms in total. The fourth-order valence-corrected chi connectivity index (χ4v) is 2.62. The van der Waals surface area contributed by atoms with Crippen LogP contribution in [0.15, 0.2) is 0 Å². The van der Waals surface area contributed by atoms with E-state index >= 15 is 0 Å². The Labute approximate surface area is 87.7 Å². The van der Waals surface area contributed by atoms with Crippen LogP contribution in [0.25, 0.3) is 0 Å². The van der Waals surface area contributed by atoms with Crippen LogP contribution in [0.1, 0.15) is 46.5 Å². The zero-order valence-corrected chi connectivity index (χ0v) is 9.59. The molecule has 1 fully saturated rings. The number of hydrogen-bond acceptors (Lipinski definition) is 2. The van der Waals surface area contributed by atoms with Crippen molar-refractivity contribution < 1.29 is 0 Å². The van der Waals surface area contributed by atoms with Crippen LogP contribution >= 0.6 is 0 Å². The Kier molecular flexibility index (Phi) is 4.41. The van der Waals surface area contributed by atoms with Gasteiger partial charge in [0.25, 0.3) is 0 Å². The molecule has 1 saturated carbocycles. The molecule has 0 saturated heterocycles. The maximum absolute atomic E-state index is 8.58. The normalized spacial score (nSPS) is 34.0. The highest BCUT2D eigenvalue weighted by molar-refractivity contribution is 4.89. The Balaban J connectivity index is 2.36. The van der Waals surface area contributed by atoms with Crippen LogP contribution in [-0.4, -0.2) is 12.1 Å². The number of nitrogens with one attached hydrogen (secondary N) is 1. The van der Waals surface area contributed by atoms with Crippen molar-refractivity contribution in [2.75, 3.05) is 0 Å². The summed E-state index contributed by atoms with van der Waals surface area (Å²) in [7, 11) is 0. The molecule has 0 amide bonds. The minimum atomic E-state index is 0.350. The van der Waals surface area contributed by atoms with Crippen LogP contribution in [0.5, 0.6) is 0 Å². The van der Waals surface area contributed by atoms with E-state index < -0.39 is 0 Å². The fraction of sp³-hybridized carbons (Fsp3) is 0.917. The molecule has 0 heterocycles. The lowest BCUT2D eigenvalue weighted by Gasteiger charge is -2.23. The van der Waals surface area contributed by atoms with Crippen molar-refractivity contribution in [2.45, 2.75) is 58.5 Å². The highest BCUT2D eigenvalue weighted by Crippen LogP contribution is 2.34. The minimum Gasteiger partial charge on any atom is -0.310 e. The van der Waals surface area contributed by atoms with Gasteiger partial charge in [0.2, 0.25) is 0 Å². The van der Waals surface area contributed by atoms with E-state index in [9.17, 15) is 0 Å². The van der Waals surface area contributed by atoms with E-state index in [1.807, 2.05) is 0 Å². The molecule has 2 heteroatoms. The first-order chi connectivity index (χ1) is 6.69. The van der Waals surface area contributed by atoms with E-state index in [2.05, 4.69) is 32.2 Å². The summed E-state index contributed by atoms with van der Waals surface area (Å²) < 4.78 is 0. The summed E-state index contributed by atoms with van der Waals surface area (Å²) in [5.41, 5.74) is 0. The summed E-state index contributed by atoms with van der Waals surface area (Å²) in [6, 6.07) is 3.21. The molecule has 0 radical (unpaired) electrons. The van der Waals surface area contributed by atoms with Gasteiger partial charge in [0.1, 0.15) is 0 Å². The molecular formula is C12H22N2. The van der Waals surface area contributed by atoms with Crippen molar-refractivity contribution in [3.63, 3.8) is 0 Å². The molecule has 0 aromatic heterocycles. The van der Waals surface area contributed by atoms with Gasteiger partial charge in [-0.3, -0.25) is 0 Å². The summed E-state index contributed by atoms with van der Waals surface area (Å²) in [5, 5.41) is 12.2. The Morgan fingerprint density at radius 2 is 2.21 bits per heavy atom. The molecule has 1 aliphatic carbocycles. The van der Waals surface area contributed by atoms with Crippen LogP contribution in [-0.2, 0) is 0 Å². The van der Waals surface area contributed by atoms with Crippen LogP contribution in [0.4, 0.5) is 0 Å². The number of nitriles is 1. The zero-order chi connectivity index (χ0) is 10.6. The van der Waals surface area contributed by atoms with Crippen molar-refractivity contribution in [1.82, 2.24) is 5.32 Å². The minimum absolute atomic E-state index is 0.350. The summed E-state index contributed by atoms with van der Waals surface area (Å²) in [6.07, 6.45) is 4.57. The van der Waals surface area contributed by atoms with Gasteiger partial charge in [-0.2, -0.15) is 5.26 Å². The highest BCUT2D eigenvalue weighted by atomic mass is 15.0.